The molecule has 0 heterocycles. The maximum Gasteiger partial charge on any atom is 0.175 e. The fourth-order valence-corrected chi connectivity index (χ4v) is 2.74. The second-order valence-corrected chi connectivity index (χ2v) is 6.18. The van der Waals surface area contributed by atoms with Crippen molar-refractivity contribution in [1.82, 2.24) is 0 Å². The summed E-state index contributed by atoms with van der Waals surface area (Å²) in [4.78, 5) is 11.0. The Balaban J connectivity index is 1.98. The van der Waals surface area contributed by atoms with Crippen molar-refractivity contribution < 1.29 is 19.0 Å². The molecule has 0 fully saturated rings. The first kappa shape index (κ1) is 18.3. The first-order valence-electron chi connectivity index (χ1n) is 7.79. The van der Waals surface area contributed by atoms with Crippen LogP contribution in [0.1, 0.15) is 28.4 Å². The number of halogens is 1. The Morgan fingerprint density at radius 3 is 2.42 bits per heavy atom. The van der Waals surface area contributed by atoms with Crippen molar-refractivity contribution in [3.05, 3.63) is 51.5 Å². The highest BCUT2D eigenvalue weighted by molar-refractivity contribution is 9.10. The van der Waals surface area contributed by atoms with E-state index < -0.39 is 0 Å². The average molecular weight is 393 g/mol. The lowest BCUT2D eigenvalue weighted by Crippen LogP contribution is -2.10. The highest BCUT2D eigenvalue weighted by Gasteiger charge is 2.12. The number of aldehydes is 1. The fourth-order valence-electron chi connectivity index (χ4n) is 2.17. The normalized spacial score (nSPS) is 10.3. The van der Waals surface area contributed by atoms with Gasteiger partial charge in [0.05, 0.1) is 11.1 Å². The summed E-state index contributed by atoms with van der Waals surface area (Å²) >= 11 is 3.42. The molecule has 0 N–H and O–H groups in total. The van der Waals surface area contributed by atoms with Crippen LogP contribution in [-0.4, -0.2) is 26.1 Å². The van der Waals surface area contributed by atoms with E-state index in [0.717, 1.165) is 12.0 Å². The first-order chi connectivity index (χ1) is 11.5. The van der Waals surface area contributed by atoms with E-state index in [4.69, 9.17) is 14.2 Å². The Bertz CT molecular complexity index is 713. The predicted molar refractivity (Wildman–Crippen MR) is 97.6 cm³/mol. The van der Waals surface area contributed by atoms with Gasteiger partial charge in [-0.2, -0.15) is 0 Å². The van der Waals surface area contributed by atoms with Gasteiger partial charge in [-0.25, -0.2) is 0 Å². The lowest BCUT2D eigenvalue weighted by Gasteiger charge is -2.15. The van der Waals surface area contributed by atoms with Crippen LogP contribution in [0.2, 0.25) is 0 Å². The molecule has 0 saturated carbocycles. The molecule has 0 amide bonds. The maximum atomic E-state index is 11.0. The van der Waals surface area contributed by atoms with Crippen molar-refractivity contribution in [1.29, 1.82) is 0 Å². The number of ether oxygens (including phenoxy) is 3. The van der Waals surface area contributed by atoms with Crippen LogP contribution in [0.15, 0.2) is 34.8 Å². The zero-order valence-electron chi connectivity index (χ0n) is 14.1. The van der Waals surface area contributed by atoms with E-state index in [-0.39, 0.29) is 0 Å². The first-order valence-corrected chi connectivity index (χ1v) is 8.58. The topological polar surface area (TPSA) is 44.8 Å². The van der Waals surface area contributed by atoms with E-state index in [0.29, 0.717) is 41.4 Å². The summed E-state index contributed by atoms with van der Waals surface area (Å²) in [5, 5.41) is 0. The van der Waals surface area contributed by atoms with E-state index in [9.17, 15) is 4.79 Å². The molecule has 5 heteroatoms. The fraction of sp³-hybridized carbons (Fsp3) is 0.316. The zero-order chi connectivity index (χ0) is 17.5. The van der Waals surface area contributed by atoms with Crippen LogP contribution in [0, 0.1) is 13.8 Å². The van der Waals surface area contributed by atoms with Gasteiger partial charge in [0.15, 0.2) is 11.5 Å². The Morgan fingerprint density at radius 1 is 1.00 bits per heavy atom. The van der Waals surface area contributed by atoms with Gasteiger partial charge in [0.2, 0.25) is 0 Å². The molecule has 0 aliphatic carbocycles. The van der Waals surface area contributed by atoms with E-state index in [1.807, 2.05) is 25.1 Å². The SMILES string of the molecule is CCOc1cc(C=O)cc(Br)c1OCCOc1ccc(C)c(C)c1. The second-order valence-electron chi connectivity index (χ2n) is 5.32. The Morgan fingerprint density at radius 2 is 1.75 bits per heavy atom. The van der Waals surface area contributed by atoms with Crippen molar-refractivity contribution in [3.63, 3.8) is 0 Å². The van der Waals surface area contributed by atoms with E-state index in [1.54, 1.807) is 12.1 Å². The summed E-state index contributed by atoms with van der Waals surface area (Å²) in [6.07, 6.45) is 0.778. The number of rotatable bonds is 8. The highest BCUT2D eigenvalue weighted by atomic mass is 79.9. The lowest BCUT2D eigenvalue weighted by atomic mass is 10.1. The summed E-state index contributed by atoms with van der Waals surface area (Å²) in [5.41, 5.74) is 2.96. The molecule has 0 aliphatic heterocycles. The van der Waals surface area contributed by atoms with Gasteiger partial charge in [0, 0.05) is 5.56 Å². The van der Waals surface area contributed by atoms with Crippen LogP contribution in [0.5, 0.6) is 17.2 Å². The highest BCUT2D eigenvalue weighted by Crippen LogP contribution is 2.36. The standard InChI is InChI=1S/C19H21BrO4/c1-4-22-18-11-15(12-21)10-17(20)19(18)24-8-7-23-16-6-5-13(2)14(3)9-16/h5-6,9-12H,4,7-8H2,1-3H3. The molecule has 0 bridgehead atoms. The third-order valence-electron chi connectivity index (χ3n) is 3.54. The van der Waals surface area contributed by atoms with Gasteiger partial charge in [0.25, 0.3) is 0 Å². The van der Waals surface area contributed by atoms with Crippen LogP contribution >= 0.6 is 15.9 Å². The molecule has 0 spiro atoms. The number of hydrogen-bond acceptors (Lipinski definition) is 4. The predicted octanol–water partition coefficient (Wildman–Crippen LogP) is 4.73. The molecule has 128 valence electrons. The molecule has 0 atom stereocenters. The second kappa shape index (κ2) is 8.73. The average Bonchev–Trinajstić information content (AvgIpc) is 2.56. The van der Waals surface area contributed by atoms with Gasteiger partial charge in [-0.1, -0.05) is 6.07 Å². The molecule has 0 saturated heterocycles. The number of aryl methyl sites for hydroxylation is 2. The largest absolute Gasteiger partial charge is 0.490 e. The van der Waals surface area contributed by atoms with E-state index in [1.165, 1.54) is 11.1 Å². The van der Waals surface area contributed by atoms with Gasteiger partial charge in [-0.05, 0) is 72.1 Å². The van der Waals surface area contributed by atoms with Crippen LogP contribution in [-0.2, 0) is 0 Å². The molecular weight excluding hydrogens is 372 g/mol. The third kappa shape index (κ3) is 4.74. The number of hydrogen-bond donors (Lipinski definition) is 0. The van der Waals surface area contributed by atoms with Crippen LogP contribution < -0.4 is 14.2 Å². The summed E-state index contributed by atoms with van der Waals surface area (Å²) in [5.74, 6) is 1.94. The Hall–Kier alpha value is -2.01. The molecule has 24 heavy (non-hydrogen) atoms. The summed E-state index contributed by atoms with van der Waals surface area (Å²) in [7, 11) is 0. The summed E-state index contributed by atoms with van der Waals surface area (Å²) in [6.45, 7) is 7.27. The van der Waals surface area contributed by atoms with Crippen molar-refractivity contribution >= 4 is 22.2 Å². The minimum atomic E-state index is 0.367. The summed E-state index contributed by atoms with van der Waals surface area (Å²) in [6, 6.07) is 9.36. The number of carbonyl (C=O) groups excluding carboxylic acids is 1. The van der Waals surface area contributed by atoms with Gasteiger partial charge >= 0.3 is 0 Å². The molecule has 0 aromatic heterocycles. The molecule has 2 aromatic carbocycles. The molecule has 0 unspecified atom stereocenters. The monoisotopic (exact) mass is 392 g/mol. The van der Waals surface area contributed by atoms with Crippen LogP contribution in [0.4, 0.5) is 0 Å². The molecule has 0 radical (unpaired) electrons. The maximum absolute atomic E-state index is 11.0. The van der Waals surface area contributed by atoms with Gasteiger partial charge in [-0.3, -0.25) is 4.79 Å². The van der Waals surface area contributed by atoms with Crippen molar-refractivity contribution in [2.24, 2.45) is 0 Å². The van der Waals surface area contributed by atoms with Gasteiger partial charge in [0.1, 0.15) is 25.2 Å². The summed E-state index contributed by atoms with van der Waals surface area (Å²) < 4.78 is 17.7. The van der Waals surface area contributed by atoms with Crippen LogP contribution in [0.3, 0.4) is 0 Å². The van der Waals surface area contributed by atoms with Crippen molar-refractivity contribution in [2.45, 2.75) is 20.8 Å². The van der Waals surface area contributed by atoms with Gasteiger partial charge in [-0.15, -0.1) is 0 Å². The quantitative estimate of drug-likeness (QED) is 0.480. The Kier molecular flexibility index (Phi) is 6.67. The zero-order valence-corrected chi connectivity index (χ0v) is 15.7. The molecule has 0 aliphatic rings. The minimum absolute atomic E-state index is 0.367. The lowest BCUT2D eigenvalue weighted by molar-refractivity contribution is 0.112. The molecule has 2 aromatic rings. The van der Waals surface area contributed by atoms with E-state index in [2.05, 4.69) is 29.8 Å². The van der Waals surface area contributed by atoms with E-state index >= 15 is 0 Å². The Labute approximate surface area is 150 Å². The van der Waals surface area contributed by atoms with Crippen molar-refractivity contribution in [2.75, 3.05) is 19.8 Å². The van der Waals surface area contributed by atoms with Crippen LogP contribution in [0.25, 0.3) is 0 Å². The number of benzene rings is 2. The van der Waals surface area contributed by atoms with Gasteiger partial charge < -0.3 is 14.2 Å². The number of carbonyl (C=O) groups is 1. The van der Waals surface area contributed by atoms with Crippen molar-refractivity contribution in [3.8, 4) is 17.2 Å². The smallest absolute Gasteiger partial charge is 0.175 e. The molecular formula is C19H21BrO4. The molecule has 2 rings (SSSR count). The minimum Gasteiger partial charge on any atom is -0.490 e. The third-order valence-corrected chi connectivity index (χ3v) is 4.13. The molecule has 4 nitrogen and oxygen atoms in total.